The van der Waals surface area contributed by atoms with Crippen LogP contribution in [0.4, 0.5) is 0 Å². The van der Waals surface area contributed by atoms with E-state index >= 15 is 0 Å². The molecule has 1 saturated heterocycles. The maximum Gasteiger partial charge on any atom is 0.255 e. The van der Waals surface area contributed by atoms with Crippen LogP contribution in [-0.2, 0) is 0 Å². The summed E-state index contributed by atoms with van der Waals surface area (Å²) < 4.78 is 0. The minimum atomic E-state index is -0.562. The van der Waals surface area contributed by atoms with Gasteiger partial charge in [-0.15, -0.1) is 0 Å². The molecular weight excluding hydrogens is 192 g/mol. The van der Waals surface area contributed by atoms with Crippen molar-refractivity contribution in [1.29, 1.82) is 0 Å². The predicted molar refractivity (Wildman–Crippen MR) is 55.5 cm³/mol. The first-order valence-corrected chi connectivity index (χ1v) is 4.81. The zero-order valence-electron chi connectivity index (χ0n) is 8.43. The molecule has 1 heterocycles. The molecule has 1 aliphatic rings. The number of amides is 2. The van der Waals surface area contributed by atoms with Crippen LogP contribution in [0.2, 0.25) is 0 Å². The molecule has 0 aliphatic carbocycles. The van der Waals surface area contributed by atoms with Gasteiger partial charge in [0.05, 0.1) is 11.1 Å². The van der Waals surface area contributed by atoms with Gasteiger partial charge in [0.2, 0.25) is 5.91 Å². The predicted octanol–water partition coefficient (Wildman–Crippen LogP) is 0.630. The topological polar surface area (TPSA) is 63.2 Å². The van der Waals surface area contributed by atoms with E-state index in [-0.39, 0.29) is 11.9 Å². The second-order valence-corrected chi connectivity index (χ2v) is 3.72. The van der Waals surface area contributed by atoms with Crippen molar-refractivity contribution >= 4 is 11.8 Å². The lowest BCUT2D eigenvalue weighted by Gasteiger charge is -2.06. The molecule has 2 amide bonds. The number of carbonyl (C=O) groups excluding carboxylic acids is 2. The molecule has 1 atom stereocenters. The van der Waals surface area contributed by atoms with Gasteiger partial charge in [0, 0.05) is 12.6 Å². The van der Waals surface area contributed by atoms with Crippen LogP contribution >= 0.6 is 0 Å². The van der Waals surface area contributed by atoms with Gasteiger partial charge in [0.1, 0.15) is 0 Å². The van der Waals surface area contributed by atoms with E-state index < -0.39 is 5.91 Å². The average Bonchev–Trinajstić information content (AvgIpc) is 2.94. The van der Waals surface area contributed by atoms with Crippen molar-refractivity contribution in [3.8, 4) is 0 Å². The molecule has 15 heavy (non-hydrogen) atoms. The van der Waals surface area contributed by atoms with E-state index in [0.717, 1.165) is 6.54 Å². The Labute approximate surface area is 87.7 Å². The van der Waals surface area contributed by atoms with Crippen LogP contribution < -0.4 is 5.73 Å². The van der Waals surface area contributed by atoms with Crippen molar-refractivity contribution in [3.05, 3.63) is 35.4 Å². The quantitative estimate of drug-likeness (QED) is 0.718. The van der Waals surface area contributed by atoms with E-state index in [4.69, 9.17) is 5.73 Å². The fourth-order valence-corrected chi connectivity index (χ4v) is 1.56. The van der Waals surface area contributed by atoms with Crippen molar-refractivity contribution < 1.29 is 9.59 Å². The van der Waals surface area contributed by atoms with Crippen molar-refractivity contribution in [2.75, 3.05) is 6.54 Å². The van der Waals surface area contributed by atoms with Gasteiger partial charge < -0.3 is 10.6 Å². The Morgan fingerprint density at radius 3 is 2.33 bits per heavy atom. The van der Waals surface area contributed by atoms with Gasteiger partial charge >= 0.3 is 0 Å². The van der Waals surface area contributed by atoms with E-state index in [2.05, 4.69) is 0 Å². The lowest BCUT2D eigenvalue weighted by Crippen LogP contribution is -2.20. The second kappa shape index (κ2) is 3.38. The van der Waals surface area contributed by atoms with Crippen molar-refractivity contribution in [1.82, 2.24) is 4.90 Å². The molecule has 1 unspecified atom stereocenters. The van der Waals surface area contributed by atoms with Gasteiger partial charge in [-0.25, -0.2) is 0 Å². The minimum Gasteiger partial charge on any atom is -0.366 e. The number of nitrogens with two attached hydrogens (primary N) is 1. The molecule has 0 aromatic heterocycles. The minimum absolute atomic E-state index is 0.114. The number of nitrogens with zero attached hydrogens (tertiary/aromatic N) is 1. The number of rotatable bonds is 2. The third kappa shape index (κ3) is 1.70. The fourth-order valence-electron chi connectivity index (χ4n) is 1.56. The molecule has 0 spiro atoms. The largest absolute Gasteiger partial charge is 0.366 e. The lowest BCUT2D eigenvalue weighted by molar-refractivity contribution is 0.0867. The molecule has 0 bridgehead atoms. The Morgan fingerprint density at radius 1 is 1.33 bits per heavy atom. The highest BCUT2D eigenvalue weighted by Gasteiger charge is 2.35. The molecule has 2 rings (SSSR count). The van der Waals surface area contributed by atoms with Crippen molar-refractivity contribution in [2.45, 2.75) is 13.0 Å². The highest BCUT2D eigenvalue weighted by molar-refractivity contribution is 6.07. The molecule has 4 nitrogen and oxygen atoms in total. The zero-order chi connectivity index (χ0) is 11.0. The second-order valence-electron chi connectivity index (χ2n) is 3.72. The zero-order valence-corrected chi connectivity index (χ0v) is 8.43. The SMILES string of the molecule is CC1CN1C(=O)c1ccccc1C(N)=O. The fraction of sp³-hybridized carbons (Fsp3) is 0.273. The maximum atomic E-state index is 11.9. The van der Waals surface area contributed by atoms with E-state index in [1.165, 1.54) is 0 Å². The van der Waals surface area contributed by atoms with E-state index in [1.807, 2.05) is 6.92 Å². The third-order valence-corrected chi connectivity index (χ3v) is 2.54. The molecular formula is C11H12N2O2. The summed E-state index contributed by atoms with van der Waals surface area (Å²) >= 11 is 0. The normalized spacial score (nSPS) is 18.7. The first-order chi connectivity index (χ1) is 7.11. The molecule has 2 N–H and O–H groups in total. The number of primary amides is 1. The standard InChI is InChI=1S/C11H12N2O2/c1-7-6-13(7)11(15)9-5-3-2-4-8(9)10(12)14/h2-5,7H,6H2,1H3,(H2,12,14). The number of hydrogen-bond acceptors (Lipinski definition) is 2. The summed E-state index contributed by atoms with van der Waals surface area (Å²) in [5.74, 6) is -0.676. The van der Waals surface area contributed by atoms with Crippen LogP contribution in [0.3, 0.4) is 0 Å². The number of carbonyl (C=O) groups is 2. The van der Waals surface area contributed by atoms with Gasteiger partial charge in [-0.2, -0.15) is 0 Å². The van der Waals surface area contributed by atoms with Crippen LogP contribution in [-0.4, -0.2) is 29.3 Å². The molecule has 4 heteroatoms. The number of benzene rings is 1. The summed E-state index contributed by atoms with van der Waals surface area (Å²) in [6.07, 6.45) is 0. The van der Waals surface area contributed by atoms with Crippen LogP contribution in [0.25, 0.3) is 0 Å². The van der Waals surface area contributed by atoms with E-state index in [9.17, 15) is 9.59 Å². The van der Waals surface area contributed by atoms with Crippen molar-refractivity contribution in [3.63, 3.8) is 0 Å². The maximum absolute atomic E-state index is 11.9. The average molecular weight is 204 g/mol. The molecule has 78 valence electrons. The van der Waals surface area contributed by atoms with Crippen LogP contribution in [0.5, 0.6) is 0 Å². The Balaban J connectivity index is 2.35. The van der Waals surface area contributed by atoms with E-state index in [1.54, 1.807) is 29.2 Å². The summed E-state index contributed by atoms with van der Waals surface area (Å²) in [5, 5.41) is 0. The Bertz CT molecular complexity index is 428. The van der Waals surface area contributed by atoms with Gasteiger partial charge in [-0.1, -0.05) is 12.1 Å². The highest BCUT2D eigenvalue weighted by atomic mass is 16.2. The monoisotopic (exact) mass is 204 g/mol. The highest BCUT2D eigenvalue weighted by Crippen LogP contribution is 2.21. The summed E-state index contributed by atoms with van der Waals surface area (Å²) in [5.41, 5.74) is 5.89. The lowest BCUT2D eigenvalue weighted by atomic mass is 10.1. The Morgan fingerprint density at radius 2 is 1.87 bits per heavy atom. The smallest absolute Gasteiger partial charge is 0.255 e. The molecule has 1 aromatic rings. The first-order valence-electron chi connectivity index (χ1n) is 4.81. The molecule has 1 aromatic carbocycles. The number of hydrogen-bond donors (Lipinski definition) is 1. The van der Waals surface area contributed by atoms with E-state index in [0.29, 0.717) is 11.1 Å². The van der Waals surface area contributed by atoms with Gasteiger partial charge in [0.25, 0.3) is 5.91 Å². The third-order valence-electron chi connectivity index (χ3n) is 2.54. The first kappa shape index (κ1) is 9.71. The van der Waals surface area contributed by atoms with Gasteiger partial charge in [-0.05, 0) is 19.1 Å². The molecule has 0 saturated carbocycles. The summed E-state index contributed by atoms with van der Waals surface area (Å²) in [4.78, 5) is 24.7. The van der Waals surface area contributed by atoms with Gasteiger partial charge in [0.15, 0.2) is 0 Å². The summed E-state index contributed by atoms with van der Waals surface area (Å²) in [6, 6.07) is 6.91. The van der Waals surface area contributed by atoms with Crippen LogP contribution in [0.15, 0.2) is 24.3 Å². The molecule has 1 aliphatic heterocycles. The van der Waals surface area contributed by atoms with Crippen molar-refractivity contribution in [2.24, 2.45) is 5.73 Å². The van der Waals surface area contributed by atoms with Crippen LogP contribution in [0.1, 0.15) is 27.6 Å². The molecule has 0 radical (unpaired) electrons. The van der Waals surface area contributed by atoms with Gasteiger partial charge in [-0.3, -0.25) is 9.59 Å². The summed E-state index contributed by atoms with van der Waals surface area (Å²) in [6.45, 7) is 2.72. The van der Waals surface area contributed by atoms with Crippen LogP contribution in [0, 0.1) is 0 Å². The Hall–Kier alpha value is -1.84. The Kier molecular flexibility index (Phi) is 2.19. The molecule has 1 fully saturated rings. The summed E-state index contributed by atoms with van der Waals surface area (Å²) in [7, 11) is 0.